The third-order valence-electron chi connectivity index (χ3n) is 5.52. The smallest absolute Gasteiger partial charge is 0.253 e. The third kappa shape index (κ3) is 5.30. The van der Waals surface area contributed by atoms with E-state index in [1.54, 1.807) is 17.0 Å². The summed E-state index contributed by atoms with van der Waals surface area (Å²) >= 11 is 0. The Hall–Kier alpha value is -3.62. The van der Waals surface area contributed by atoms with Gasteiger partial charge in [0.15, 0.2) is 0 Å². The lowest BCUT2D eigenvalue weighted by Crippen LogP contribution is -2.39. The molecule has 1 saturated heterocycles. The molecule has 176 valence electrons. The van der Waals surface area contributed by atoms with E-state index in [1.807, 2.05) is 6.07 Å². The van der Waals surface area contributed by atoms with Gasteiger partial charge in [-0.1, -0.05) is 17.3 Å². The molecule has 1 aromatic heterocycles. The molecule has 0 radical (unpaired) electrons. The van der Waals surface area contributed by atoms with E-state index in [1.165, 1.54) is 36.4 Å². The summed E-state index contributed by atoms with van der Waals surface area (Å²) < 4.78 is 45.8. The van der Waals surface area contributed by atoms with Gasteiger partial charge in [0.05, 0.1) is 16.9 Å². The first-order chi connectivity index (χ1) is 16.4. The Morgan fingerprint density at radius 3 is 2.79 bits per heavy atom. The molecule has 11 heteroatoms. The van der Waals surface area contributed by atoms with Gasteiger partial charge in [-0.05, 0) is 49.2 Å². The number of carbonyl (C=O) groups excluding carboxylic acids is 1. The fourth-order valence-electron chi connectivity index (χ4n) is 3.79. The van der Waals surface area contributed by atoms with Crippen LogP contribution in [0.25, 0.3) is 11.4 Å². The van der Waals surface area contributed by atoms with Crippen molar-refractivity contribution >= 4 is 15.9 Å². The number of halogens is 1. The number of aromatic nitrogens is 2. The number of sulfonamides is 1. The molecule has 34 heavy (non-hydrogen) atoms. The van der Waals surface area contributed by atoms with E-state index < -0.39 is 15.8 Å². The normalized spacial score (nSPS) is 16.2. The van der Waals surface area contributed by atoms with E-state index in [-0.39, 0.29) is 35.5 Å². The minimum Gasteiger partial charge on any atom is -0.339 e. The summed E-state index contributed by atoms with van der Waals surface area (Å²) in [7, 11) is -3.75. The van der Waals surface area contributed by atoms with Crippen LogP contribution in [0.15, 0.2) is 57.9 Å². The lowest BCUT2D eigenvalue weighted by Gasteiger charge is -2.31. The molecule has 0 saturated carbocycles. The Bertz CT molecular complexity index is 1320. The molecule has 1 atom stereocenters. The van der Waals surface area contributed by atoms with Crippen LogP contribution in [0.2, 0.25) is 0 Å². The van der Waals surface area contributed by atoms with Gasteiger partial charge in [-0.2, -0.15) is 10.2 Å². The summed E-state index contributed by atoms with van der Waals surface area (Å²) in [6, 6.07) is 13.5. The van der Waals surface area contributed by atoms with Crippen molar-refractivity contribution in [2.24, 2.45) is 0 Å². The SMILES string of the molecule is N#CCCNS(=O)(=O)c1ccc(C(=O)N2CCCC(c3nc(-c4cccc(F)c4)no3)C2)cc1. The van der Waals surface area contributed by atoms with Crippen molar-refractivity contribution < 1.29 is 22.1 Å². The van der Waals surface area contributed by atoms with Crippen molar-refractivity contribution in [3.05, 3.63) is 65.8 Å². The van der Waals surface area contributed by atoms with Crippen LogP contribution in [-0.2, 0) is 10.0 Å². The zero-order valence-electron chi connectivity index (χ0n) is 18.1. The van der Waals surface area contributed by atoms with Crippen LogP contribution in [0.5, 0.6) is 0 Å². The van der Waals surface area contributed by atoms with Gasteiger partial charge in [0.1, 0.15) is 5.82 Å². The quantitative estimate of drug-likeness (QED) is 0.511. The number of hydrogen-bond donors (Lipinski definition) is 1. The van der Waals surface area contributed by atoms with Crippen LogP contribution >= 0.6 is 0 Å². The predicted molar refractivity (Wildman–Crippen MR) is 119 cm³/mol. The van der Waals surface area contributed by atoms with Gasteiger partial charge in [-0.3, -0.25) is 4.79 Å². The van der Waals surface area contributed by atoms with Gasteiger partial charge in [0.25, 0.3) is 5.91 Å². The third-order valence-corrected chi connectivity index (χ3v) is 7.00. The maximum Gasteiger partial charge on any atom is 0.253 e. The maximum absolute atomic E-state index is 13.5. The summed E-state index contributed by atoms with van der Waals surface area (Å²) in [6.45, 7) is 0.945. The van der Waals surface area contributed by atoms with Crippen LogP contribution in [0.1, 0.15) is 41.4 Å². The molecule has 1 aliphatic heterocycles. The number of benzene rings is 2. The van der Waals surface area contributed by atoms with Crippen molar-refractivity contribution in [2.75, 3.05) is 19.6 Å². The minimum atomic E-state index is -3.75. The number of likely N-dealkylation sites (tertiary alicyclic amines) is 1. The zero-order chi connectivity index (χ0) is 24.1. The van der Waals surface area contributed by atoms with Gasteiger partial charge in [0, 0.05) is 37.2 Å². The molecule has 0 spiro atoms. The highest BCUT2D eigenvalue weighted by Gasteiger charge is 2.29. The van der Waals surface area contributed by atoms with E-state index in [2.05, 4.69) is 14.9 Å². The molecule has 0 bridgehead atoms. The van der Waals surface area contributed by atoms with E-state index in [4.69, 9.17) is 9.78 Å². The summed E-state index contributed by atoms with van der Waals surface area (Å²) in [4.78, 5) is 19.1. The zero-order valence-corrected chi connectivity index (χ0v) is 19.0. The Morgan fingerprint density at radius 1 is 1.26 bits per heavy atom. The van der Waals surface area contributed by atoms with Crippen LogP contribution < -0.4 is 4.72 Å². The number of amides is 1. The number of nitrogens with one attached hydrogen (secondary N) is 1. The largest absolute Gasteiger partial charge is 0.339 e. The van der Waals surface area contributed by atoms with Gasteiger partial charge >= 0.3 is 0 Å². The lowest BCUT2D eigenvalue weighted by molar-refractivity contribution is 0.0695. The summed E-state index contributed by atoms with van der Waals surface area (Å²) in [5, 5.41) is 12.5. The Kier molecular flexibility index (Phi) is 7.00. The molecule has 9 nitrogen and oxygen atoms in total. The Labute approximate surface area is 196 Å². The average Bonchev–Trinajstić information content (AvgIpc) is 3.34. The topological polar surface area (TPSA) is 129 Å². The van der Waals surface area contributed by atoms with E-state index in [9.17, 15) is 17.6 Å². The minimum absolute atomic E-state index is 0.0191. The van der Waals surface area contributed by atoms with Gasteiger partial charge in [-0.15, -0.1) is 0 Å². The number of nitriles is 1. The first kappa shape index (κ1) is 23.5. The molecule has 4 rings (SSSR count). The fourth-order valence-corrected chi connectivity index (χ4v) is 4.82. The Morgan fingerprint density at radius 2 is 2.06 bits per heavy atom. The molecular formula is C23H22FN5O4S. The van der Waals surface area contributed by atoms with Crippen molar-refractivity contribution in [3.63, 3.8) is 0 Å². The fraction of sp³-hybridized carbons (Fsp3) is 0.304. The first-order valence-corrected chi connectivity index (χ1v) is 12.2. The monoisotopic (exact) mass is 483 g/mol. The maximum atomic E-state index is 13.5. The number of carbonyl (C=O) groups is 1. The molecule has 2 heterocycles. The van der Waals surface area contributed by atoms with Crippen molar-refractivity contribution in [1.29, 1.82) is 5.26 Å². The highest BCUT2D eigenvalue weighted by molar-refractivity contribution is 7.89. The van der Waals surface area contributed by atoms with Gasteiger partial charge in [0.2, 0.25) is 21.7 Å². The van der Waals surface area contributed by atoms with Crippen LogP contribution in [0.3, 0.4) is 0 Å². The predicted octanol–water partition coefficient (Wildman–Crippen LogP) is 3.09. The van der Waals surface area contributed by atoms with Gasteiger partial charge in [-0.25, -0.2) is 17.5 Å². The van der Waals surface area contributed by atoms with Crippen LogP contribution in [0.4, 0.5) is 4.39 Å². The Balaban J connectivity index is 1.43. The second-order valence-corrected chi connectivity index (χ2v) is 9.65. The lowest BCUT2D eigenvalue weighted by atomic mass is 9.97. The molecule has 1 fully saturated rings. The van der Waals surface area contributed by atoms with Gasteiger partial charge < -0.3 is 9.42 Å². The highest BCUT2D eigenvalue weighted by atomic mass is 32.2. The number of nitrogens with zero attached hydrogens (tertiary/aromatic N) is 4. The number of hydrogen-bond acceptors (Lipinski definition) is 7. The average molecular weight is 484 g/mol. The first-order valence-electron chi connectivity index (χ1n) is 10.7. The molecule has 0 aliphatic carbocycles. The van der Waals surface area contributed by atoms with Crippen molar-refractivity contribution in [2.45, 2.75) is 30.1 Å². The molecule has 1 aliphatic rings. The van der Waals surface area contributed by atoms with E-state index in [0.29, 0.717) is 30.1 Å². The molecule has 3 aromatic rings. The van der Waals surface area contributed by atoms with Crippen molar-refractivity contribution in [1.82, 2.24) is 19.8 Å². The van der Waals surface area contributed by atoms with E-state index >= 15 is 0 Å². The highest BCUT2D eigenvalue weighted by Crippen LogP contribution is 2.28. The number of rotatable bonds is 7. The molecular weight excluding hydrogens is 461 g/mol. The van der Waals surface area contributed by atoms with Crippen LogP contribution in [-0.4, -0.2) is 49.0 Å². The van der Waals surface area contributed by atoms with Crippen molar-refractivity contribution in [3.8, 4) is 17.5 Å². The molecule has 1 N–H and O–H groups in total. The number of piperidine rings is 1. The molecule has 1 amide bonds. The molecule has 1 unspecified atom stereocenters. The second-order valence-electron chi connectivity index (χ2n) is 7.89. The second kappa shape index (κ2) is 10.1. The molecule has 2 aromatic carbocycles. The standard InChI is InChI=1S/C23H22FN5O4S/c24-19-6-1-4-17(14-19)21-27-22(33-28-21)18-5-2-13-29(15-18)23(30)16-7-9-20(10-8-16)34(31,32)26-12-3-11-25/h1,4,6-10,14,18,26H,2-3,5,12-13,15H2. The van der Waals surface area contributed by atoms with E-state index in [0.717, 1.165) is 12.8 Å². The summed E-state index contributed by atoms with van der Waals surface area (Å²) in [5.74, 6) is -0.0951. The summed E-state index contributed by atoms with van der Waals surface area (Å²) in [5.41, 5.74) is 0.874. The van der Waals surface area contributed by atoms with Crippen LogP contribution in [0, 0.1) is 17.1 Å². The summed E-state index contributed by atoms with van der Waals surface area (Å²) in [6.07, 6.45) is 1.57.